The van der Waals surface area contributed by atoms with Crippen molar-refractivity contribution in [1.82, 2.24) is 9.97 Å². The molecule has 0 saturated carbocycles. The highest BCUT2D eigenvalue weighted by molar-refractivity contribution is 5.70. The zero-order valence-corrected chi connectivity index (χ0v) is 16.9. The van der Waals surface area contributed by atoms with Crippen molar-refractivity contribution < 1.29 is 9.47 Å². The van der Waals surface area contributed by atoms with Gasteiger partial charge in [0, 0.05) is 32.0 Å². The first-order chi connectivity index (χ1) is 14.2. The molecule has 29 heavy (non-hydrogen) atoms. The molecular weight excluding hydrogens is 368 g/mol. The molecule has 0 amide bonds. The smallest absolute Gasteiger partial charge is 0.229 e. The van der Waals surface area contributed by atoms with E-state index in [9.17, 15) is 0 Å². The van der Waals surface area contributed by atoms with Crippen molar-refractivity contribution >= 4 is 23.1 Å². The fourth-order valence-corrected chi connectivity index (χ4v) is 3.79. The molecule has 152 valence electrons. The minimum absolute atomic E-state index is 0.331. The number of fused-ring (bicyclic) bond motifs is 1. The van der Waals surface area contributed by atoms with Crippen LogP contribution in [0, 0.1) is 11.3 Å². The molecule has 1 saturated heterocycles. The predicted molar refractivity (Wildman–Crippen MR) is 111 cm³/mol. The number of hydrogen-bond donors (Lipinski definition) is 1. The van der Waals surface area contributed by atoms with E-state index in [-0.39, 0.29) is 0 Å². The van der Waals surface area contributed by atoms with Gasteiger partial charge in [0.1, 0.15) is 19.1 Å². The van der Waals surface area contributed by atoms with E-state index in [2.05, 4.69) is 28.2 Å². The van der Waals surface area contributed by atoms with Crippen LogP contribution in [0.4, 0.5) is 23.1 Å². The molecule has 2 aliphatic rings. The summed E-state index contributed by atoms with van der Waals surface area (Å²) in [6, 6.07) is 8.15. The van der Waals surface area contributed by atoms with Gasteiger partial charge in [-0.15, -0.1) is 0 Å². The zero-order chi connectivity index (χ0) is 20.2. The second-order valence-electron chi connectivity index (χ2n) is 7.34. The van der Waals surface area contributed by atoms with Crippen molar-refractivity contribution in [3.8, 4) is 6.07 Å². The average molecular weight is 394 g/mol. The third-order valence-electron chi connectivity index (χ3n) is 5.44. The van der Waals surface area contributed by atoms with Gasteiger partial charge >= 0.3 is 0 Å². The Morgan fingerprint density at radius 3 is 2.83 bits per heavy atom. The SMILES string of the molecule is CCc1cc(C#N)ccc1Nc1ncc2c(n1)N(C1CCOCC1)COCN2C. The van der Waals surface area contributed by atoms with E-state index in [4.69, 9.17) is 19.7 Å². The lowest BCUT2D eigenvalue weighted by Gasteiger charge is -2.34. The zero-order valence-electron chi connectivity index (χ0n) is 16.9. The summed E-state index contributed by atoms with van der Waals surface area (Å²) >= 11 is 0. The molecule has 0 spiro atoms. The fraction of sp³-hybridized carbons (Fsp3) is 0.476. The first kappa shape index (κ1) is 19.4. The van der Waals surface area contributed by atoms with E-state index in [0.717, 1.165) is 55.2 Å². The van der Waals surface area contributed by atoms with Crippen LogP contribution in [0.2, 0.25) is 0 Å². The molecule has 0 bridgehead atoms. The first-order valence-corrected chi connectivity index (χ1v) is 10.00. The van der Waals surface area contributed by atoms with Crippen LogP contribution in [0.25, 0.3) is 0 Å². The summed E-state index contributed by atoms with van der Waals surface area (Å²) in [6.45, 7) is 4.58. The molecule has 8 nitrogen and oxygen atoms in total. The monoisotopic (exact) mass is 394 g/mol. The number of nitrogens with one attached hydrogen (secondary N) is 1. The number of rotatable bonds is 4. The molecule has 1 N–H and O–H groups in total. The molecule has 0 radical (unpaired) electrons. The van der Waals surface area contributed by atoms with Gasteiger partial charge in [0.15, 0.2) is 5.82 Å². The predicted octanol–water partition coefficient (Wildman–Crippen LogP) is 3.02. The van der Waals surface area contributed by atoms with Crippen LogP contribution >= 0.6 is 0 Å². The Kier molecular flexibility index (Phi) is 5.79. The number of benzene rings is 1. The summed E-state index contributed by atoms with van der Waals surface area (Å²) in [4.78, 5) is 13.7. The van der Waals surface area contributed by atoms with E-state index < -0.39 is 0 Å². The highest BCUT2D eigenvalue weighted by Gasteiger charge is 2.29. The van der Waals surface area contributed by atoms with Gasteiger partial charge < -0.3 is 24.6 Å². The average Bonchev–Trinajstić information content (AvgIpc) is 2.93. The molecule has 1 fully saturated rings. The molecule has 2 aliphatic heterocycles. The Morgan fingerprint density at radius 1 is 1.24 bits per heavy atom. The Labute approximate surface area is 171 Å². The van der Waals surface area contributed by atoms with Crippen molar-refractivity contribution in [2.75, 3.05) is 48.8 Å². The summed E-state index contributed by atoms with van der Waals surface area (Å²) in [5.74, 6) is 1.41. The van der Waals surface area contributed by atoms with E-state index in [1.165, 1.54) is 0 Å². The van der Waals surface area contributed by atoms with Crippen LogP contribution in [0.1, 0.15) is 30.9 Å². The Hall–Kier alpha value is -2.89. The van der Waals surface area contributed by atoms with Crippen LogP contribution in [0.5, 0.6) is 0 Å². The molecule has 3 heterocycles. The van der Waals surface area contributed by atoms with Crippen LogP contribution in [0.3, 0.4) is 0 Å². The molecule has 1 aromatic heterocycles. The highest BCUT2D eigenvalue weighted by atomic mass is 16.5. The molecule has 4 rings (SSSR count). The number of nitrogens with zero attached hydrogens (tertiary/aromatic N) is 5. The van der Waals surface area contributed by atoms with Gasteiger partial charge in [-0.2, -0.15) is 10.2 Å². The van der Waals surface area contributed by atoms with Gasteiger partial charge in [0.2, 0.25) is 5.95 Å². The maximum Gasteiger partial charge on any atom is 0.229 e. The minimum Gasteiger partial charge on any atom is -0.381 e. The summed E-state index contributed by atoms with van der Waals surface area (Å²) < 4.78 is 11.4. The molecule has 0 aliphatic carbocycles. The van der Waals surface area contributed by atoms with E-state index in [1.54, 1.807) is 6.07 Å². The van der Waals surface area contributed by atoms with Gasteiger partial charge in [-0.3, -0.25) is 0 Å². The largest absolute Gasteiger partial charge is 0.381 e. The number of ether oxygens (including phenoxy) is 2. The van der Waals surface area contributed by atoms with Gasteiger partial charge in [0.05, 0.1) is 17.8 Å². The van der Waals surface area contributed by atoms with Gasteiger partial charge in [-0.25, -0.2) is 4.98 Å². The Bertz CT molecular complexity index is 907. The summed E-state index contributed by atoms with van der Waals surface area (Å²) in [5.41, 5.74) is 3.58. The molecular formula is C21H26N6O2. The lowest BCUT2D eigenvalue weighted by Crippen LogP contribution is -2.41. The first-order valence-electron chi connectivity index (χ1n) is 10.00. The second-order valence-corrected chi connectivity index (χ2v) is 7.34. The van der Waals surface area contributed by atoms with Crippen molar-refractivity contribution in [2.45, 2.75) is 32.2 Å². The number of nitriles is 1. The third kappa shape index (κ3) is 4.11. The van der Waals surface area contributed by atoms with E-state index in [1.807, 2.05) is 30.3 Å². The molecule has 1 aromatic carbocycles. The Morgan fingerprint density at radius 2 is 2.07 bits per heavy atom. The molecule has 2 aromatic rings. The number of aryl methyl sites for hydroxylation is 1. The summed E-state index contributed by atoms with van der Waals surface area (Å²) in [5, 5.41) is 12.5. The third-order valence-corrected chi connectivity index (χ3v) is 5.44. The normalized spacial score (nSPS) is 17.4. The van der Waals surface area contributed by atoms with Crippen molar-refractivity contribution in [3.63, 3.8) is 0 Å². The highest BCUT2D eigenvalue weighted by Crippen LogP contribution is 2.33. The maximum atomic E-state index is 9.15. The quantitative estimate of drug-likeness (QED) is 0.847. The van der Waals surface area contributed by atoms with Crippen LogP contribution in [0.15, 0.2) is 24.4 Å². The molecule has 0 atom stereocenters. The van der Waals surface area contributed by atoms with Crippen LogP contribution in [-0.4, -0.2) is 49.7 Å². The van der Waals surface area contributed by atoms with Gasteiger partial charge in [-0.05, 0) is 43.0 Å². The number of aromatic nitrogens is 2. The lowest BCUT2D eigenvalue weighted by atomic mass is 10.1. The maximum absolute atomic E-state index is 9.15. The van der Waals surface area contributed by atoms with Crippen molar-refractivity contribution in [1.29, 1.82) is 5.26 Å². The van der Waals surface area contributed by atoms with Gasteiger partial charge in [0.25, 0.3) is 0 Å². The Balaban J connectivity index is 1.67. The number of hydrogen-bond acceptors (Lipinski definition) is 8. The summed E-state index contributed by atoms with van der Waals surface area (Å²) in [7, 11) is 1.98. The molecule has 8 heteroatoms. The van der Waals surface area contributed by atoms with Crippen molar-refractivity contribution in [3.05, 3.63) is 35.5 Å². The van der Waals surface area contributed by atoms with Crippen molar-refractivity contribution in [2.24, 2.45) is 0 Å². The second kappa shape index (κ2) is 8.64. The lowest BCUT2D eigenvalue weighted by molar-refractivity contribution is 0.0713. The van der Waals surface area contributed by atoms with E-state index in [0.29, 0.717) is 31.0 Å². The van der Waals surface area contributed by atoms with Crippen LogP contribution in [-0.2, 0) is 15.9 Å². The molecule has 0 unspecified atom stereocenters. The van der Waals surface area contributed by atoms with Crippen LogP contribution < -0.4 is 15.1 Å². The van der Waals surface area contributed by atoms with Gasteiger partial charge in [-0.1, -0.05) is 6.92 Å². The fourth-order valence-electron chi connectivity index (χ4n) is 3.79. The minimum atomic E-state index is 0.331. The van der Waals surface area contributed by atoms with E-state index >= 15 is 0 Å². The number of anilines is 4. The summed E-state index contributed by atoms with van der Waals surface area (Å²) in [6.07, 6.45) is 4.57. The topological polar surface area (TPSA) is 86.5 Å². The standard InChI is InChI=1S/C21H26N6O2/c1-3-16-10-15(11-22)4-5-18(16)24-21-23-12-19-20(25-21)27(14-29-13-26(19)2)17-6-8-28-9-7-17/h4-5,10,12,17H,3,6-9,13-14H2,1-2H3,(H,23,24,25).